The molecule has 2 rings (SSSR count). The maximum absolute atomic E-state index is 12.5. The minimum Gasteiger partial charge on any atom is -0.481 e. The molecule has 1 amide bonds. The fourth-order valence-electron chi connectivity index (χ4n) is 2.88. The van der Waals surface area contributed by atoms with Crippen LogP contribution in [0.3, 0.4) is 0 Å². The Bertz CT molecular complexity index is 542. The van der Waals surface area contributed by atoms with Gasteiger partial charge in [0.25, 0.3) is 0 Å². The number of hydrogen-bond donors (Lipinski definition) is 3. The quantitative estimate of drug-likeness (QED) is 0.785. The molecule has 0 saturated heterocycles. The number of hydrogen-bond acceptors (Lipinski definition) is 3. The summed E-state index contributed by atoms with van der Waals surface area (Å²) in [6.45, 7) is 3.33. The monoisotopic (exact) mass is 290 g/mol. The number of carboxylic acid groups (broad SMARTS) is 1. The number of amides is 1. The van der Waals surface area contributed by atoms with Crippen LogP contribution in [0.15, 0.2) is 30.3 Å². The third-order valence-electron chi connectivity index (χ3n) is 4.60. The summed E-state index contributed by atoms with van der Waals surface area (Å²) >= 11 is 0. The number of carbonyl (C=O) groups is 2. The molecule has 0 spiro atoms. The zero-order valence-corrected chi connectivity index (χ0v) is 12.4. The first-order valence-corrected chi connectivity index (χ1v) is 7.17. The predicted octanol–water partition coefficient (Wildman–Crippen LogP) is 1.62. The smallest absolute Gasteiger partial charge is 0.311 e. The van der Waals surface area contributed by atoms with Gasteiger partial charge in [-0.1, -0.05) is 36.8 Å². The Hall–Kier alpha value is -1.88. The summed E-state index contributed by atoms with van der Waals surface area (Å²) in [5, 5.41) is 12.2. The van der Waals surface area contributed by atoms with Gasteiger partial charge in [0.05, 0.1) is 5.41 Å². The van der Waals surface area contributed by atoms with E-state index < -0.39 is 16.9 Å². The van der Waals surface area contributed by atoms with Gasteiger partial charge in [0.2, 0.25) is 5.91 Å². The van der Waals surface area contributed by atoms with Gasteiger partial charge in [0.15, 0.2) is 0 Å². The molecule has 1 aliphatic carbocycles. The number of nitrogens with two attached hydrogens (primary N) is 1. The van der Waals surface area contributed by atoms with Gasteiger partial charge in [-0.25, -0.2) is 0 Å². The zero-order valence-electron chi connectivity index (χ0n) is 12.4. The molecule has 0 aromatic heterocycles. The summed E-state index contributed by atoms with van der Waals surface area (Å²) in [4.78, 5) is 24.0. The first-order valence-electron chi connectivity index (χ1n) is 7.17. The summed E-state index contributed by atoms with van der Waals surface area (Å²) in [6.07, 6.45) is 2.03. The molecule has 0 aliphatic heterocycles. The van der Waals surface area contributed by atoms with Crippen molar-refractivity contribution in [3.05, 3.63) is 35.9 Å². The minimum atomic E-state index is -1.18. The predicted molar refractivity (Wildman–Crippen MR) is 79.5 cm³/mol. The van der Waals surface area contributed by atoms with Gasteiger partial charge in [-0.2, -0.15) is 0 Å². The van der Waals surface area contributed by atoms with E-state index in [4.69, 9.17) is 5.73 Å². The number of carboxylic acids is 1. The molecule has 0 radical (unpaired) electrons. The van der Waals surface area contributed by atoms with Crippen molar-refractivity contribution in [1.82, 2.24) is 5.32 Å². The van der Waals surface area contributed by atoms with Gasteiger partial charge in [0.1, 0.15) is 5.54 Å². The van der Waals surface area contributed by atoms with Crippen LogP contribution in [0.25, 0.3) is 0 Å². The highest BCUT2D eigenvalue weighted by molar-refractivity contribution is 5.88. The fourth-order valence-corrected chi connectivity index (χ4v) is 2.88. The molecule has 0 heterocycles. The highest BCUT2D eigenvalue weighted by Gasteiger charge is 2.47. The molecule has 5 nitrogen and oxygen atoms in total. The van der Waals surface area contributed by atoms with E-state index in [1.807, 2.05) is 18.2 Å². The van der Waals surface area contributed by atoms with Gasteiger partial charge in [-0.3, -0.25) is 9.59 Å². The summed E-state index contributed by atoms with van der Waals surface area (Å²) in [7, 11) is 0. The van der Waals surface area contributed by atoms with E-state index in [1.165, 1.54) is 0 Å². The number of rotatable bonds is 4. The van der Waals surface area contributed by atoms with E-state index in [9.17, 15) is 14.7 Å². The van der Waals surface area contributed by atoms with Crippen molar-refractivity contribution in [2.45, 2.75) is 44.7 Å². The molecule has 1 saturated carbocycles. The Balaban J connectivity index is 2.16. The molecule has 1 fully saturated rings. The first-order chi connectivity index (χ1) is 9.78. The van der Waals surface area contributed by atoms with Gasteiger partial charge < -0.3 is 16.2 Å². The number of aliphatic carboxylic acids is 1. The molecule has 5 heteroatoms. The molecule has 21 heavy (non-hydrogen) atoms. The minimum absolute atomic E-state index is 0.340. The topological polar surface area (TPSA) is 92.4 Å². The van der Waals surface area contributed by atoms with E-state index in [0.29, 0.717) is 18.4 Å². The van der Waals surface area contributed by atoms with Gasteiger partial charge in [-0.15, -0.1) is 0 Å². The summed E-state index contributed by atoms with van der Waals surface area (Å²) in [5.74, 6) is -1.21. The second-order valence-corrected chi connectivity index (χ2v) is 6.21. The largest absolute Gasteiger partial charge is 0.481 e. The molecule has 1 aromatic rings. The van der Waals surface area contributed by atoms with E-state index in [2.05, 4.69) is 5.32 Å². The summed E-state index contributed by atoms with van der Waals surface area (Å²) < 4.78 is 0. The lowest BCUT2D eigenvalue weighted by Gasteiger charge is -2.32. The van der Waals surface area contributed by atoms with Crippen LogP contribution in [-0.2, 0) is 15.1 Å². The van der Waals surface area contributed by atoms with Crippen LogP contribution >= 0.6 is 0 Å². The normalized spacial score (nSPS) is 27.9. The molecule has 1 aliphatic rings. The van der Waals surface area contributed by atoms with Crippen LogP contribution in [-0.4, -0.2) is 23.0 Å². The number of nitrogens with one attached hydrogen (secondary N) is 1. The first kappa shape index (κ1) is 15.5. The molecule has 114 valence electrons. The van der Waals surface area contributed by atoms with Crippen LogP contribution < -0.4 is 11.1 Å². The Kier molecular flexibility index (Phi) is 4.05. The second kappa shape index (κ2) is 5.48. The van der Waals surface area contributed by atoms with Crippen LogP contribution in [0.5, 0.6) is 0 Å². The fraction of sp³-hybridized carbons (Fsp3) is 0.500. The highest BCUT2D eigenvalue weighted by Crippen LogP contribution is 2.38. The van der Waals surface area contributed by atoms with E-state index in [-0.39, 0.29) is 11.9 Å². The molecular weight excluding hydrogens is 268 g/mol. The van der Waals surface area contributed by atoms with E-state index >= 15 is 0 Å². The lowest BCUT2D eigenvalue weighted by Crippen LogP contribution is -2.55. The van der Waals surface area contributed by atoms with Gasteiger partial charge in [0, 0.05) is 6.04 Å². The van der Waals surface area contributed by atoms with Gasteiger partial charge >= 0.3 is 5.97 Å². The Labute approximate surface area is 124 Å². The second-order valence-electron chi connectivity index (χ2n) is 6.21. The van der Waals surface area contributed by atoms with E-state index in [1.54, 1.807) is 26.0 Å². The van der Waals surface area contributed by atoms with Crippen LogP contribution in [0.4, 0.5) is 0 Å². The number of carbonyl (C=O) groups excluding carboxylic acids is 1. The SMILES string of the molecule is CC(N)(C(=O)NC1CCCC1(C)C(=O)O)c1ccccc1. The maximum Gasteiger partial charge on any atom is 0.311 e. The van der Waals surface area contributed by atoms with Crippen molar-refractivity contribution in [2.75, 3.05) is 0 Å². The average Bonchev–Trinajstić information content (AvgIpc) is 2.82. The Morgan fingerprint density at radius 2 is 2.00 bits per heavy atom. The lowest BCUT2D eigenvalue weighted by molar-refractivity contribution is -0.149. The Morgan fingerprint density at radius 3 is 2.57 bits per heavy atom. The van der Waals surface area contributed by atoms with Crippen molar-refractivity contribution < 1.29 is 14.7 Å². The van der Waals surface area contributed by atoms with E-state index in [0.717, 1.165) is 6.42 Å². The van der Waals surface area contributed by atoms with Crippen molar-refractivity contribution in [3.8, 4) is 0 Å². The Morgan fingerprint density at radius 1 is 1.38 bits per heavy atom. The van der Waals surface area contributed by atoms with Gasteiger partial charge in [-0.05, 0) is 32.3 Å². The van der Waals surface area contributed by atoms with Crippen molar-refractivity contribution in [3.63, 3.8) is 0 Å². The number of benzene rings is 1. The third kappa shape index (κ3) is 2.78. The average molecular weight is 290 g/mol. The zero-order chi connectivity index (χ0) is 15.7. The molecule has 1 aromatic carbocycles. The van der Waals surface area contributed by atoms with Crippen LogP contribution in [0.1, 0.15) is 38.7 Å². The summed E-state index contributed by atoms with van der Waals surface area (Å²) in [6, 6.07) is 8.72. The molecule has 3 atom stereocenters. The molecular formula is C16H22N2O3. The maximum atomic E-state index is 12.5. The molecule has 0 bridgehead atoms. The molecule has 4 N–H and O–H groups in total. The van der Waals surface area contributed by atoms with Crippen molar-refractivity contribution >= 4 is 11.9 Å². The standard InChI is InChI=1S/C16H22N2O3/c1-15(14(20)21)10-6-9-12(15)18-13(19)16(2,17)11-7-4-3-5-8-11/h3-5,7-8,12H,6,9-10,17H2,1-2H3,(H,18,19)(H,20,21). The van der Waals surface area contributed by atoms with Crippen molar-refractivity contribution in [2.24, 2.45) is 11.1 Å². The van der Waals surface area contributed by atoms with Crippen molar-refractivity contribution in [1.29, 1.82) is 0 Å². The highest BCUT2D eigenvalue weighted by atomic mass is 16.4. The summed E-state index contributed by atoms with van der Waals surface area (Å²) in [5.41, 5.74) is 4.78. The van der Waals surface area contributed by atoms with Crippen LogP contribution in [0, 0.1) is 5.41 Å². The molecule has 3 unspecified atom stereocenters. The lowest BCUT2D eigenvalue weighted by atomic mass is 9.84. The third-order valence-corrected chi connectivity index (χ3v) is 4.60. The van der Waals surface area contributed by atoms with Crippen LogP contribution in [0.2, 0.25) is 0 Å².